The van der Waals surface area contributed by atoms with Crippen molar-refractivity contribution in [3.8, 4) is 11.3 Å². The maximum Gasteiger partial charge on any atom is 0.158 e. The van der Waals surface area contributed by atoms with E-state index in [2.05, 4.69) is 20.5 Å². The van der Waals surface area contributed by atoms with E-state index < -0.39 is 0 Å². The molecule has 0 spiro atoms. The minimum Gasteiger partial charge on any atom is -0.376 e. The highest BCUT2D eigenvalue weighted by Gasteiger charge is 2.16. The number of fused-ring (bicyclic) bond motifs is 1. The fourth-order valence-electron chi connectivity index (χ4n) is 2.81. The van der Waals surface area contributed by atoms with Crippen LogP contribution >= 0.6 is 11.6 Å². The van der Waals surface area contributed by atoms with Gasteiger partial charge in [-0.05, 0) is 18.2 Å². The van der Waals surface area contributed by atoms with Crippen molar-refractivity contribution in [3.63, 3.8) is 0 Å². The predicted octanol–water partition coefficient (Wildman–Crippen LogP) is 3.17. The lowest BCUT2D eigenvalue weighted by atomic mass is 10.1. The van der Waals surface area contributed by atoms with Crippen LogP contribution in [0.5, 0.6) is 0 Å². The monoisotopic (exact) mass is 356 g/mol. The minimum atomic E-state index is 0.0122. The Morgan fingerprint density at radius 2 is 1.96 bits per heavy atom. The number of halogens is 1. The molecule has 1 N–H and O–H groups in total. The van der Waals surface area contributed by atoms with Crippen LogP contribution in [0, 0.1) is 0 Å². The van der Waals surface area contributed by atoms with E-state index in [1.165, 1.54) is 0 Å². The van der Waals surface area contributed by atoms with Gasteiger partial charge in [0.05, 0.1) is 25.9 Å². The molecule has 1 fully saturated rings. The molecule has 7 heteroatoms. The van der Waals surface area contributed by atoms with Gasteiger partial charge in [-0.25, -0.2) is 0 Å². The highest BCUT2D eigenvalue weighted by molar-refractivity contribution is 6.30. The summed E-state index contributed by atoms with van der Waals surface area (Å²) in [4.78, 5) is 4.23. The Bertz CT molecular complexity index is 867. The molecule has 0 bridgehead atoms. The Balaban J connectivity index is 1.65. The van der Waals surface area contributed by atoms with E-state index >= 15 is 0 Å². The maximum absolute atomic E-state index is 5.98. The average Bonchev–Trinajstić information content (AvgIpc) is 2.68. The number of nitrogens with zero attached hydrogens (tertiary/aromatic N) is 3. The van der Waals surface area contributed by atoms with Crippen LogP contribution in [0.1, 0.15) is 0 Å². The molecule has 0 saturated carbocycles. The topological polar surface area (TPSA) is 69.2 Å². The van der Waals surface area contributed by atoms with Crippen LogP contribution in [-0.2, 0) is 9.47 Å². The summed E-state index contributed by atoms with van der Waals surface area (Å²) in [5.41, 5.74) is 1.76. The number of aromatic nitrogens is 3. The summed E-state index contributed by atoms with van der Waals surface area (Å²) < 4.78 is 11.1. The van der Waals surface area contributed by atoms with Gasteiger partial charge in [-0.3, -0.25) is 4.98 Å². The predicted molar refractivity (Wildman–Crippen MR) is 96.8 cm³/mol. The van der Waals surface area contributed by atoms with Gasteiger partial charge in [0.25, 0.3) is 0 Å². The van der Waals surface area contributed by atoms with Crippen molar-refractivity contribution in [1.82, 2.24) is 15.2 Å². The summed E-state index contributed by atoms with van der Waals surface area (Å²) in [7, 11) is 0. The van der Waals surface area contributed by atoms with Crippen molar-refractivity contribution in [1.29, 1.82) is 0 Å². The zero-order valence-corrected chi connectivity index (χ0v) is 14.2. The van der Waals surface area contributed by atoms with Gasteiger partial charge in [0.15, 0.2) is 5.82 Å². The van der Waals surface area contributed by atoms with E-state index in [1.807, 2.05) is 30.3 Å². The first-order valence-electron chi connectivity index (χ1n) is 8.11. The second-order valence-corrected chi connectivity index (χ2v) is 6.21. The number of rotatable bonds is 4. The smallest absolute Gasteiger partial charge is 0.158 e. The van der Waals surface area contributed by atoms with Crippen molar-refractivity contribution in [2.75, 3.05) is 31.7 Å². The van der Waals surface area contributed by atoms with Gasteiger partial charge in [0, 0.05) is 40.3 Å². The molecular formula is C18H17ClN4O2. The molecule has 0 aliphatic carbocycles. The zero-order chi connectivity index (χ0) is 17.1. The molecule has 4 rings (SSSR count). The molecule has 0 radical (unpaired) electrons. The minimum absolute atomic E-state index is 0.0122. The Morgan fingerprint density at radius 3 is 2.76 bits per heavy atom. The molecular weight excluding hydrogens is 340 g/mol. The highest BCUT2D eigenvalue weighted by atomic mass is 35.5. The third-order valence-corrected chi connectivity index (χ3v) is 4.33. The normalized spacial score (nSPS) is 17.6. The number of benzene rings is 1. The van der Waals surface area contributed by atoms with Crippen molar-refractivity contribution < 1.29 is 9.47 Å². The van der Waals surface area contributed by atoms with Gasteiger partial charge in [-0.1, -0.05) is 23.7 Å². The van der Waals surface area contributed by atoms with E-state index in [9.17, 15) is 0 Å². The van der Waals surface area contributed by atoms with E-state index in [-0.39, 0.29) is 6.10 Å². The molecule has 1 saturated heterocycles. The largest absolute Gasteiger partial charge is 0.376 e. The molecule has 6 nitrogen and oxygen atoms in total. The molecule has 2 aromatic heterocycles. The standard InChI is InChI=1S/C18H17ClN4O2/c19-13-3-1-12(2-4-13)17-15-5-6-20-10-16(15)18(23-22-17)21-9-14-11-24-7-8-25-14/h1-6,10,14H,7-9,11H2,(H,21,23). The fraction of sp³-hybridized carbons (Fsp3) is 0.278. The van der Waals surface area contributed by atoms with Crippen molar-refractivity contribution in [2.24, 2.45) is 0 Å². The van der Waals surface area contributed by atoms with Gasteiger partial charge in [0.2, 0.25) is 0 Å². The summed E-state index contributed by atoms with van der Waals surface area (Å²) in [5.74, 6) is 0.690. The highest BCUT2D eigenvalue weighted by Crippen LogP contribution is 2.29. The zero-order valence-electron chi connectivity index (χ0n) is 13.5. The average molecular weight is 357 g/mol. The summed E-state index contributed by atoms with van der Waals surface area (Å²) in [5, 5.41) is 14.7. The Hall–Kier alpha value is -2.28. The third kappa shape index (κ3) is 3.56. The number of ether oxygens (including phenoxy) is 2. The molecule has 1 aliphatic heterocycles. The number of anilines is 1. The third-order valence-electron chi connectivity index (χ3n) is 4.08. The summed E-state index contributed by atoms with van der Waals surface area (Å²) in [6.07, 6.45) is 3.56. The molecule has 1 unspecified atom stereocenters. The summed E-state index contributed by atoms with van der Waals surface area (Å²) in [6, 6.07) is 9.51. The molecule has 1 aliphatic rings. The number of hydrogen-bond donors (Lipinski definition) is 1. The van der Waals surface area contributed by atoms with Gasteiger partial charge in [0.1, 0.15) is 5.69 Å². The molecule has 3 aromatic rings. The van der Waals surface area contributed by atoms with Crippen LogP contribution in [0.3, 0.4) is 0 Å². The van der Waals surface area contributed by atoms with Gasteiger partial charge < -0.3 is 14.8 Å². The van der Waals surface area contributed by atoms with E-state index in [1.54, 1.807) is 12.4 Å². The lowest BCUT2D eigenvalue weighted by Crippen LogP contribution is -2.34. The van der Waals surface area contributed by atoms with Crippen LogP contribution < -0.4 is 5.32 Å². The Morgan fingerprint density at radius 1 is 1.08 bits per heavy atom. The molecule has 128 valence electrons. The van der Waals surface area contributed by atoms with Gasteiger partial charge >= 0.3 is 0 Å². The maximum atomic E-state index is 5.98. The quantitative estimate of drug-likeness (QED) is 0.774. The van der Waals surface area contributed by atoms with Crippen LogP contribution in [0.4, 0.5) is 5.82 Å². The van der Waals surface area contributed by atoms with E-state index in [4.69, 9.17) is 21.1 Å². The lowest BCUT2D eigenvalue weighted by molar-refractivity contribution is -0.0819. The molecule has 3 heterocycles. The van der Waals surface area contributed by atoms with E-state index in [0.717, 1.165) is 22.0 Å². The molecule has 1 aromatic carbocycles. The molecule has 25 heavy (non-hydrogen) atoms. The Labute approximate surface area is 150 Å². The fourth-order valence-corrected chi connectivity index (χ4v) is 2.94. The molecule has 0 amide bonds. The second kappa shape index (κ2) is 7.31. The Kier molecular flexibility index (Phi) is 4.74. The van der Waals surface area contributed by atoms with E-state index in [0.29, 0.717) is 37.2 Å². The van der Waals surface area contributed by atoms with Crippen molar-refractivity contribution in [3.05, 3.63) is 47.7 Å². The number of hydrogen-bond acceptors (Lipinski definition) is 6. The summed E-state index contributed by atoms with van der Waals surface area (Å²) >= 11 is 5.98. The molecule has 1 atom stereocenters. The van der Waals surface area contributed by atoms with Crippen molar-refractivity contribution >= 4 is 28.2 Å². The van der Waals surface area contributed by atoms with Gasteiger partial charge in [-0.2, -0.15) is 0 Å². The van der Waals surface area contributed by atoms with Gasteiger partial charge in [-0.15, -0.1) is 10.2 Å². The lowest BCUT2D eigenvalue weighted by Gasteiger charge is -2.23. The second-order valence-electron chi connectivity index (χ2n) is 5.77. The first kappa shape index (κ1) is 16.2. The van der Waals surface area contributed by atoms with Crippen LogP contribution in [0.25, 0.3) is 22.0 Å². The van der Waals surface area contributed by atoms with Crippen LogP contribution in [0.2, 0.25) is 5.02 Å². The summed E-state index contributed by atoms with van der Waals surface area (Å²) in [6.45, 7) is 2.47. The SMILES string of the molecule is Clc1ccc(-c2nnc(NCC3COCCO3)c3cnccc23)cc1. The number of nitrogens with one attached hydrogen (secondary N) is 1. The van der Waals surface area contributed by atoms with Crippen LogP contribution in [-0.4, -0.2) is 47.7 Å². The van der Waals surface area contributed by atoms with Crippen molar-refractivity contribution in [2.45, 2.75) is 6.10 Å². The first-order chi connectivity index (χ1) is 12.3. The van der Waals surface area contributed by atoms with Crippen LogP contribution in [0.15, 0.2) is 42.7 Å². The number of pyridine rings is 1. The first-order valence-corrected chi connectivity index (χ1v) is 8.48.